The number of rotatable bonds is 3. The molecule has 0 spiro atoms. The van der Waals surface area contributed by atoms with Crippen LogP contribution in [0.3, 0.4) is 0 Å². The van der Waals surface area contributed by atoms with E-state index in [9.17, 15) is 9.59 Å². The van der Waals surface area contributed by atoms with Crippen molar-refractivity contribution >= 4 is 34.5 Å². The van der Waals surface area contributed by atoms with E-state index >= 15 is 0 Å². The largest absolute Gasteiger partial charge is 0.465 e. The molecule has 7 heteroatoms. The number of H-pyrrole nitrogens is 1. The first kappa shape index (κ1) is 15.7. The molecule has 1 aromatic heterocycles. The van der Waals surface area contributed by atoms with Crippen LogP contribution >= 0.6 is 11.6 Å². The van der Waals surface area contributed by atoms with E-state index in [-0.39, 0.29) is 18.0 Å². The predicted molar refractivity (Wildman–Crippen MR) is 88.0 cm³/mol. The summed E-state index contributed by atoms with van der Waals surface area (Å²) in [4.78, 5) is 26.4. The third-order valence-electron chi connectivity index (χ3n) is 4.22. The molecule has 0 bridgehead atoms. The van der Waals surface area contributed by atoms with Crippen molar-refractivity contribution in [2.24, 2.45) is 0 Å². The van der Waals surface area contributed by atoms with Gasteiger partial charge in [-0.15, -0.1) is 0 Å². The van der Waals surface area contributed by atoms with E-state index in [4.69, 9.17) is 16.7 Å². The first-order valence-corrected chi connectivity index (χ1v) is 7.99. The summed E-state index contributed by atoms with van der Waals surface area (Å²) in [7, 11) is 0. The van der Waals surface area contributed by atoms with Crippen LogP contribution in [0.15, 0.2) is 24.3 Å². The second kappa shape index (κ2) is 6.50. The maximum atomic E-state index is 12.4. The summed E-state index contributed by atoms with van der Waals surface area (Å²) in [5.41, 5.74) is 1.28. The number of fused-ring (bicyclic) bond motifs is 1. The number of benzene rings is 1. The normalized spacial score (nSPS) is 21.1. The van der Waals surface area contributed by atoms with Gasteiger partial charge in [0.05, 0.1) is 6.04 Å². The number of carbonyl (C=O) groups excluding carboxylic acids is 1. The third kappa shape index (κ3) is 3.59. The number of carboxylic acid groups (broad SMARTS) is 1. The highest BCUT2D eigenvalue weighted by atomic mass is 35.5. The lowest BCUT2D eigenvalue weighted by atomic mass is 9.90. The number of halogens is 1. The molecule has 1 aromatic carbocycles. The van der Waals surface area contributed by atoms with Crippen molar-refractivity contribution in [2.75, 3.05) is 0 Å². The van der Waals surface area contributed by atoms with Crippen LogP contribution in [0.25, 0.3) is 10.9 Å². The molecule has 23 heavy (non-hydrogen) atoms. The Morgan fingerprint density at radius 3 is 2.52 bits per heavy atom. The van der Waals surface area contributed by atoms with Crippen LogP contribution in [-0.4, -0.2) is 34.2 Å². The van der Waals surface area contributed by atoms with Crippen molar-refractivity contribution < 1.29 is 14.7 Å². The molecule has 1 fully saturated rings. The zero-order chi connectivity index (χ0) is 16.4. The van der Waals surface area contributed by atoms with Gasteiger partial charge in [-0.25, -0.2) is 4.79 Å². The summed E-state index contributed by atoms with van der Waals surface area (Å²) in [6.45, 7) is 0. The van der Waals surface area contributed by atoms with Crippen LogP contribution in [0.1, 0.15) is 36.2 Å². The third-order valence-corrected chi connectivity index (χ3v) is 4.45. The molecule has 6 nitrogen and oxygen atoms in total. The molecule has 4 N–H and O–H groups in total. The number of amides is 2. The van der Waals surface area contributed by atoms with E-state index < -0.39 is 6.09 Å². The molecule has 2 amide bonds. The molecule has 3 rings (SSSR count). The lowest BCUT2D eigenvalue weighted by Gasteiger charge is -2.31. The maximum absolute atomic E-state index is 12.4. The van der Waals surface area contributed by atoms with Crippen LogP contribution < -0.4 is 10.6 Å². The van der Waals surface area contributed by atoms with Gasteiger partial charge in [0.25, 0.3) is 5.91 Å². The van der Waals surface area contributed by atoms with Gasteiger partial charge in [-0.3, -0.25) is 4.79 Å². The summed E-state index contributed by atoms with van der Waals surface area (Å²) in [5, 5.41) is 15.8. The summed E-state index contributed by atoms with van der Waals surface area (Å²) in [6, 6.07) is 6.68. The van der Waals surface area contributed by atoms with E-state index in [2.05, 4.69) is 15.6 Å². The lowest BCUT2D eigenvalue weighted by Crippen LogP contribution is -2.52. The molecule has 2 atom stereocenters. The minimum absolute atomic E-state index is 0.192. The monoisotopic (exact) mass is 335 g/mol. The zero-order valence-corrected chi connectivity index (χ0v) is 13.2. The fraction of sp³-hybridized carbons (Fsp3) is 0.375. The van der Waals surface area contributed by atoms with Gasteiger partial charge in [-0.2, -0.15) is 0 Å². The molecule has 2 unspecified atom stereocenters. The Labute approximate surface area is 138 Å². The average Bonchev–Trinajstić information content (AvgIpc) is 2.92. The molecule has 0 radical (unpaired) electrons. The second-order valence-corrected chi connectivity index (χ2v) is 6.27. The molecule has 122 valence electrons. The Hall–Kier alpha value is -2.21. The Morgan fingerprint density at radius 1 is 1.13 bits per heavy atom. The van der Waals surface area contributed by atoms with Crippen molar-refractivity contribution in [2.45, 2.75) is 37.8 Å². The topological polar surface area (TPSA) is 94.2 Å². The summed E-state index contributed by atoms with van der Waals surface area (Å²) in [5.74, 6) is -0.235. The van der Waals surface area contributed by atoms with Crippen molar-refractivity contribution in [1.82, 2.24) is 15.6 Å². The number of hydrogen-bond acceptors (Lipinski definition) is 2. The molecule has 2 aromatic rings. The van der Waals surface area contributed by atoms with Gasteiger partial charge in [0.15, 0.2) is 0 Å². The van der Waals surface area contributed by atoms with Gasteiger partial charge in [0.1, 0.15) is 5.69 Å². The zero-order valence-electron chi connectivity index (χ0n) is 12.4. The van der Waals surface area contributed by atoms with E-state index in [1.165, 1.54) is 0 Å². The standard InChI is InChI=1S/C16H18ClN3O3/c17-10-5-6-11-9(7-10)8-14(18-11)15(21)19-12-3-1-2-4-13(12)20-16(22)23/h5-8,12-13,18,20H,1-4H2,(H,19,21)(H,22,23). The summed E-state index contributed by atoms with van der Waals surface area (Å²) < 4.78 is 0. The van der Waals surface area contributed by atoms with Gasteiger partial charge >= 0.3 is 6.09 Å². The highest BCUT2D eigenvalue weighted by Gasteiger charge is 2.28. The van der Waals surface area contributed by atoms with Crippen LogP contribution in [0.2, 0.25) is 5.02 Å². The van der Waals surface area contributed by atoms with Crippen molar-refractivity contribution in [3.63, 3.8) is 0 Å². The van der Waals surface area contributed by atoms with E-state index in [1.807, 2.05) is 6.07 Å². The first-order chi connectivity index (χ1) is 11.0. The minimum atomic E-state index is -1.06. The quantitative estimate of drug-likeness (QED) is 0.694. The Morgan fingerprint density at radius 2 is 1.83 bits per heavy atom. The van der Waals surface area contributed by atoms with Crippen LogP contribution in [0, 0.1) is 0 Å². The number of hydrogen-bond donors (Lipinski definition) is 4. The number of aromatic amines is 1. The Bertz CT molecular complexity index is 743. The van der Waals surface area contributed by atoms with Gasteiger partial charge in [0.2, 0.25) is 0 Å². The van der Waals surface area contributed by atoms with E-state index in [0.29, 0.717) is 10.7 Å². The lowest BCUT2D eigenvalue weighted by molar-refractivity contribution is 0.0908. The van der Waals surface area contributed by atoms with Crippen molar-refractivity contribution in [1.29, 1.82) is 0 Å². The van der Waals surface area contributed by atoms with Crippen molar-refractivity contribution in [3.05, 3.63) is 35.0 Å². The fourth-order valence-electron chi connectivity index (χ4n) is 3.11. The highest BCUT2D eigenvalue weighted by molar-refractivity contribution is 6.31. The van der Waals surface area contributed by atoms with Gasteiger partial charge in [-0.05, 0) is 37.1 Å². The number of carbonyl (C=O) groups is 2. The van der Waals surface area contributed by atoms with E-state index in [1.54, 1.807) is 18.2 Å². The molecular formula is C16H18ClN3O3. The van der Waals surface area contributed by atoms with Gasteiger partial charge in [-0.1, -0.05) is 24.4 Å². The molecule has 0 aliphatic heterocycles. The number of nitrogens with one attached hydrogen (secondary N) is 3. The smallest absolute Gasteiger partial charge is 0.404 e. The van der Waals surface area contributed by atoms with Crippen LogP contribution in [-0.2, 0) is 0 Å². The Balaban J connectivity index is 1.74. The molecule has 0 saturated heterocycles. The highest BCUT2D eigenvalue weighted by Crippen LogP contribution is 2.22. The SMILES string of the molecule is O=C(O)NC1CCCCC1NC(=O)c1cc2cc(Cl)ccc2[nH]1. The minimum Gasteiger partial charge on any atom is -0.465 e. The Kier molecular flexibility index (Phi) is 4.43. The molecule has 1 aliphatic rings. The average molecular weight is 336 g/mol. The second-order valence-electron chi connectivity index (χ2n) is 5.83. The molecule has 1 saturated carbocycles. The molecule has 1 aliphatic carbocycles. The van der Waals surface area contributed by atoms with Gasteiger partial charge in [0, 0.05) is 22.0 Å². The van der Waals surface area contributed by atoms with Crippen molar-refractivity contribution in [3.8, 4) is 0 Å². The molecule has 1 heterocycles. The fourth-order valence-corrected chi connectivity index (χ4v) is 3.29. The summed E-state index contributed by atoms with van der Waals surface area (Å²) >= 11 is 5.95. The van der Waals surface area contributed by atoms with Crippen LogP contribution in [0.5, 0.6) is 0 Å². The van der Waals surface area contributed by atoms with Gasteiger partial charge < -0.3 is 20.7 Å². The van der Waals surface area contributed by atoms with E-state index in [0.717, 1.165) is 36.6 Å². The summed E-state index contributed by atoms with van der Waals surface area (Å²) in [6.07, 6.45) is 2.38. The maximum Gasteiger partial charge on any atom is 0.404 e. The first-order valence-electron chi connectivity index (χ1n) is 7.61. The number of aromatic nitrogens is 1. The van der Waals surface area contributed by atoms with Crippen LogP contribution in [0.4, 0.5) is 4.79 Å². The predicted octanol–water partition coefficient (Wildman–Crippen LogP) is 3.13. The molecular weight excluding hydrogens is 318 g/mol.